The van der Waals surface area contributed by atoms with E-state index in [0.717, 1.165) is 43.0 Å². The molecular weight excluding hydrogens is 529 g/mol. The van der Waals surface area contributed by atoms with Crippen LogP contribution in [0.2, 0.25) is 0 Å². The molecule has 0 bridgehead atoms. The zero-order valence-corrected chi connectivity index (χ0v) is 22.6. The van der Waals surface area contributed by atoms with Gasteiger partial charge in [-0.3, -0.25) is 5.41 Å². The smallest absolute Gasteiger partial charge is 0.396 e. The minimum absolute atomic E-state index is 0.0603. The number of hydrogen-bond acceptors (Lipinski definition) is 4. The number of nitrogens with zero attached hydrogens (tertiary/aromatic N) is 1. The molecule has 3 nitrogen and oxygen atoms in total. The van der Waals surface area contributed by atoms with Crippen molar-refractivity contribution in [1.29, 1.82) is 10.7 Å². The molecule has 1 fully saturated rings. The predicted octanol–water partition coefficient (Wildman–Crippen LogP) is 7.11. The van der Waals surface area contributed by atoms with E-state index in [9.17, 15) is 22.8 Å². The van der Waals surface area contributed by atoms with Crippen molar-refractivity contribution in [2.45, 2.75) is 57.5 Å². The van der Waals surface area contributed by atoms with Crippen LogP contribution in [0, 0.1) is 50.6 Å². The second-order valence-corrected chi connectivity index (χ2v) is 11.1. The first-order valence-electron chi connectivity index (χ1n) is 12.6. The maximum Gasteiger partial charge on any atom is 0.417 e. The third kappa shape index (κ3) is 5.14. The molecule has 4 rings (SSSR count). The molecule has 1 aliphatic carbocycles. The number of fused-ring (bicyclic) bond motifs is 1. The normalized spacial score (nSPS) is 21.6. The summed E-state index contributed by atoms with van der Waals surface area (Å²) in [4.78, 5) is -0.188. The molecule has 0 radical (unpaired) electrons. The number of thioether (sulfide) groups is 1. The van der Waals surface area contributed by atoms with Gasteiger partial charge in [-0.1, -0.05) is 49.9 Å². The van der Waals surface area contributed by atoms with Crippen molar-refractivity contribution in [2.24, 2.45) is 11.8 Å². The van der Waals surface area contributed by atoms with Gasteiger partial charge in [-0.15, -0.1) is 0 Å². The number of halogens is 5. The average molecular weight is 558 g/mol. The average Bonchev–Trinajstić information content (AvgIpc) is 3.21. The SMILES string of the molecule is C=C1CCC(/C=C(CC)\C(C)=c2/cc(C(F)(F)F)/c(=c3\ccc(F)c4c3=C(C#N)C(=N)S4)c(F)c2N)[C@@H](C)C1. The number of nitriles is 1. The van der Waals surface area contributed by atoms with Gasteiger partial charge >= 0.3 is 6.18 Å². The Morgan fingerprint density at radius 3 is 2.56 bits per heavy atom. The number of alkyl halides is 3. The Morgan fingerprint density at radius 1 is 1.28 bits per heavy atom. The van der Waals surface area contributed by atoms with Gasteiger partial charge in [0.15, 0.2) is 5.82 Å². The number of hydrogen-bond donors (Lipinski definition) is 2. The molecule has 2 aromatic rings. The molecule has 1 saturated carbocycles. The lowest BCUT2D eigenvalue weighted by atomic mass is 9.77. The lowest BCUT2D eigenvalue weighted by molar-refractivity contribution is -0.138. The summed E-state index contributed by atoms with van der Waals surface area (Å²) >= 11 is 0.611. The Morgan fingerprint density at radius 2 is 1.97 bits per heavy atom. The molecular formula is C30H28F5N3S. The molecule has 0 amide bonds. The fourth-order valence-corrected chi connectivity index (χ4v) is 6.43. The van der Waals surface area contributed by atoms with Crippen LogP contribution in [0.25, 0.3) is 11.1 Å². The van der Waals surface area contributed by atoms with Crippen molar-refractivity contribution < 1.29 is 22.0 Å². The number of nitrogens with two attached hydrogens (primary N) is 1. The quantitative estimate of drug-likeness (QED) is 0.240. The zero-order chi connectivity index (χ0) is 28.8. The number of anilines is 1. The van der Waals surface area contributed by atoms with Gasteiger partial charge in [0.1, 0.15) is 16.9 Å². The van der Waals surface area contributed by atoms with E-state index < -0.39 is 34.3 Å². The topological polar surface area (TPSA) is 73.7 Å². The Bertz CT molecular complexity index is 1700. The van der Waals surface area contributed by atoms with E-state index >= 15 is 4.39 Å². The Kier molecular flexibility index (Phi) is 7.82. The second kappa shape index (κ2) is 10.6. The molecule has 2 aliphatic rings. The van der Waals surface area contributed by atoms with Crippen molar-refractivity contribution in [3.8, 4) is 6.07 Å². The standard InChI is InChI=1S/C30H28F5N3S/c1-5-17(11-18-7-6-14(2)10-15(18)3)16(4)20-12-22(30(33,34)35)25(26(32)27(20)37)19-8-9-23(31)28-24(19)21(13-36)29(38)39-28/h8-9,11-12,15,18,38H,2,5-7,10,37H2,1,3-4H3/b17-11-,20-16+,25-19-,38-29?/t15-,18?/m0/s1. The van der Waals surface area contributed by atoms with Crippen LogP contribution in [0.3, 0.4) is 0 Å². The second-order valence-electron chi connectivity index (χ2n) is 10.1. The summed E-state index contributed by atoms with van der Waals surface area (Å²) in [5.41, 5.74) is 6.54. The summed E-state index contributed by atoms with van der Waals surface area (Å²) < 4.78 is 74.0. The summed E-state index contributed by atoms with van der Waals surface area (Å²) in [5, 5.41) is 15.7. The first-order valence-corrected chi connectivity index (χ1v) is 13.4. The highest BCUT2D eigenvalue weighted by Gasteiger charge is 2.35. The first-order chi connectivity index (χ1) is 18.3. The Labute approximate surface area is 227 Å². The van der Waals surface area contributed by atoms with Gasteiger partial charge in [-0.2, -0.15) is 18.4 Å². The van der Waals surface area contributed by atoms with Crippen molar-refractivity contribution in [1.82, 2.24) is 0 Å². The van der Waals surface area contributed by atoms with E-state index in [1.807, 2.05) is 6.92 Å². The molecule has 0 saturated heterocycles. The maximum absolute atomic E-state index is 16.0. The third-order valence-electron chi connectivity index (χ3n) is 7.64. The molecule has 3 N–H and O–H groups in total. The molecule has 9 heteroatoms. The molecule has 0 spiro atoms. The third-order valence-corrected chi connectivity index (χ3v) is 8.65. The minimum Gasteiger partial charge on any atom is -0.396 e. The van der Waals surface area contributed by atoms with Gasteiger partial charge in [0.25, 0.3) is 0 Å². The van der Waals surface area contributed by atoms with Crippen molar-refractivity contribution in [2.75, 3.05) is 5.73 Å². The molecule has 1 aliphatic heterocycles. The number of allylic oxidation sites excluding steroid dienone is 3. The van der Waals surface area contributed by atoms with E-state index in [2.05, 4.69) is 19.6 Å². The van der Waals surface area contributed by atoms with Gasteiger partial charge in [0.05, 0.1) is 21.7 Å². The fraction of sp³-hybridized carbons (Fsp3) is 0.333. The predicted molar refractivity (Wildman–Crippen MR) is 145 cm³/mol. The first kappa shape index (κ1) is 28.6. The lowest BCUT2D eigenvalue weighted by Crippen LogP contribution is -2.22. The van der Waals surface area contributed by atoms with Crippen molar-refractivity contribution >= 4 is 33.6 Å². The Balaban J connectivity index is 2.14. The van der Waals surface area contributed by atoms with Gasteiger partial charge in [0.2, 0.25) is 0 Å². The molecule has 2 atom stereocenters. The van der Waals surface area contributed by atoms with E-state index in [4.69, 9.17) is 11.1 Å². The number of benzene rings is 2. The molecule has 1 heterocycles. The van der Waals surface area contributed by atoms with E-state index in [0.29, 0.717) is 29.7 Å². The number of nitrogen functional groups attached to an aromatic ring is 1. The van der Waals surface area contributed by atoms with Gasteiger partial charge in [0, 0.05) is 15.7 Å². The summed E-state index contributed by atoms with van der Waals surface area (Å²) in [6, 6.07) is 4.50. The summed E-state index contributed by atoms with van der Waals surface area (Å²) in [7, 11) is 0. The van der Waals surface area contributed by atoms with E-state index in [-0.39, 0.29) is 37.1 Å². The fourth-order valence-electron chi connectivity index (χ4n) is 5.50. The highest BCUT2D eigenvalue weighted by atomic mass is 32.2. The molecule has 2 aromatic carbocycles. The van der Waals surface area contributed by atoms with Crippen LogP contribution >= 0.6 is 11.8 Å². The van der Waals surface area contributed by atoms with Crippen LogP contribution in [0.4, 0.5) is 27.6 Å². The summed E-state index contributed by atoms with van der Waals surface area (Å²) in [5.74, 6) is -1.57. The maximum atomic E-state index is 16.0. The van der Waals surface area contributed by atoms with Crippen LogP contribution < -0.4 is 16.2 Å². The highest BCUT2D eigenvalue weighted by molar-refractivity contribution is 8.15. The number of rotatable bonds is 3. The molecule has 1 unspecified atom stereocenters. The zero-order valence-electron chi connectivity index (χ0n) is 21.8. The van der Waals surface area contributed by atoms with E-state index in [1.54, 1.807) is 13.0 Å². The summed E-state index contributed by atoms with van der Waals surface area (Å²) in [6.07, 6.45) is 0.236. The van der Waals surface area contributed by atoms with Gasteiger partial charge < -0.3 is 5.73 Å². The van der Waals surface area contributed by atoms with Crippen molar-refractivity contribution in [3.05, 3.63) is 80.1 Å². The molecule has 39 heavy (non-hydrogen) atoms. The monoisotopic (exact) mass is 557 g/mol. The molecule has 204 valence electrons. The van der Waals surface area contributed by atoms with Crippen LogP contribution in [0.15, 0.2) is 46.9 Å². The highest BCUT2D eigenvalue weighted by Crippen LogP contribution is 2.36. The van der Waals surface area contributed by atoms with E-state index in [1.165, 1.54) is 5.57 Å². The molecule has 0 aromatic heterocycles. The Hall–Kier alpha value is -3.38. The van der Waals surface area contributed by atoms with Crippen LogP contribution in [0.1, 0.15) is 52.0 Å². The number of nitrogens with one attached hydrogen (secondary N) is 1. The van der Waals surface area contributed by atoms with Gasteiger partial charge in [-0.05, 0) is 72.9 Å². The largest absolute Gasteiger partial charge is 0.417 e. The van der Waals surface area contributed by atoms with Crippen LogP contribution in [-0.4, -0.2) is 5.04 Å². The van der Waals surface area contributed by atoms with Crippen LogP contribution in [0.5, 0.6) is 0 Å². The van der Waals surface area contributed by atoms with Gasteiger partial charge in [-0.25, -0.2) is 8.78 Å². The lowest BCUT2D eigenvalue weighted by Gasteiger charge is -2.29. The van der Waals surface area contributed by atoms with Crippen LogP contribution in [-0.2, 0) is 6.18 Å². The summed E-state index contributed by atoms with van der Waals surface area (Å²) in [6.45, 7) is 9.71. The minimum atomic E-state index is -4.99. The van der Waals surface area contributed by atoms with Crippen molar-refractivity contribution in [3.63, 3.8) is 0 Å².